The van der Waals surface area contributed by atoms with Crippen LogP contribution in [0.25, 0.3) is 0 Å². The number of hydrogen-bond acceptors (Lipinski definition) is 5. The van der Waals surface area contributed by atoms with Crippen molar-refractivity contribution in [1.82, 2.24) is 15.5 Å². The molecule has 0 saturated carbocycles. The van der Waals surface area contributed by atoms with Crippen molar-refractivity contribution in [2.75, 3.05) is 18.4 Å². The Morgan fingerprint density at radius 3 is 2.95 bits per heavy atom. The van der Waals surface area contributed by atoms with E-state index in [4.69, 9.17) is 0 Å². The SMILES string of the molecule is CCNc1ccccc1C(=O)NCCc1ncon1. The largest absolute Gasteiger partial charge is 0.385 e. The lowest BCUT2D eigenvalue weighted by Gasteiger charge is -2.10. The van der Waals surface area contributed by atoms with Crippen LogP contribution < -0.4 is 10.6 Å². The highest BCUT2D eigenvalue weighted by molar-refractivity contribution is 5.99. The topological polar surface area (TPSA) is 80.0 Å². The van der Waals surface area contributed by atoms with Gasteiger partial charge in [-0.2, -0.15) is 4.98 Å². The third-order valence-corrected chi connectivity index (χ3v) is 2.58. The van der Waals surface area contributed by atoms with Gasteiger partial charge in [0, 0.05) is 25.2 Å². The zero-order chi connectivity index (χ0) is 13.5. The summed E-state index contributed by atoms with van der Waals surface area (Å²) in [5.74, 6) is 0.473. The number of anilines is 1. The summed E-state index contributed by atoms with van der Waals surface area (Å²) in [6.07, 6.45) is 1.82. The number of benzene rings is 1. The molecule has 0 aliphatic rings. The number of carbonyl (C=O) groups is 1. The molecule has 1 heterocycles. The number of para-hydroxylation sites is 1. The van der Waals surface area contributed by atoms with E-state index in [-0.39, 0.29) is 5.91 Å². The Bertz CT molecular complexity index is 525. The average molecular weight is 260 g/mol. The average Bonchev–Trinajstić information content (AvgIpc) is 2.93. The maximum Gasteiger partial charge on any atom is 0.253 e. The minimum Gasteiger partial charge on any atom is -0.385 e. The van der Waals surface area contributed by atoms with Crippen molar-refractivity contribution in [1.29, 1.82) is 0 Å². The Kier molecular flexibility index (Phi) is 4.49. The van der Waals surface area contributed by atoms with Gasteiger partial charge in [-0.1, -0.05) is 17.3 Å². The van der Waals surface area contributed by atoms with Gasteiger partial charge < -0.3 is 15.2 Å². The minimum atomic E-state index is -0.111. The Balaban J connectivity index is 1.92. The second-order valence-electron chi connectivity index (χ2n) is 3.93. The van der Waals surface area contributed by atoms with Gasteiger partial charge in [0.1, 0.15) is 0 Å². The zero-order valence-corrected chi connectivity index (χ0v) is 10.7. The van der Waals surface area contributed by atoms with E-state index in [0.717, 1.165) is 12.2 Å². The zero-order valence-electron chi connectivity index (χ0n) is 10.7. The first-order valence-corrected chi connectivity index (χ1v) is 6.17. The molecule has 1 aromatic heterocycles. The fourth-order valence-corrected chi connectivity index (χ4v) is 1.71. The number of hydrogen-bond donors (Lipinski definition) is 2. The molecule has 6 nitrogen and oxygen atoms in total. The highest BCUT2D eigenvalue weighted by Gasteiger charge is 2.10. The monoisotopic (exact) mass is 260 g/mol. The van der Waals surface area contributed by atoms with Crippen LogP contribution in [0.3, 0.4) is 0 Å². The van der Waals surface area contributed by atoms with Gasteiger partial charge in [-0.3, -0.25) is 4.79 Å². The van der Waals surface area contributed by atoms with Gasteiger partial charge in [0.15, 0.2) is 5.82 Å². The van der Waals surface area contributed by atoms with Gasteiger partial charge >= 0.3 is 0 Å². The molecule has 1 aromatic carbocycles. The number of aromatic nitrogens is 2. The van der Waals surface area contributed by atoms with E-state index in [2.05, 4.69) is 25.3 Å². The maximum atomic E-state index is 12.1. The Hall–Kier alpha value is -2.37. The van der Waals surface area contributed by atoms with Crippen LogP contribution in [-0.4, -0.2) is 29.1 Å². The summed E-state index contributed by atoms with van der Waals surface area (Å²) in [6.45, 7) is 3.23. The quantitative estimate of drug-likeness (QED) is 0.822. The summed E-state index contributed by atoms with van der Waals surface area (Å²) in [5.41, 5.74) is 1.47. The molecule has 6 heteroatoms. The van der Waals surface area contributed by atoms with E-state index in [1.807, 2.05) is 25.1 Å². The van der Waals surface area contributed by atoms with Crippen molar-refractivity contribution in [3.63, 3.8) is 0 Å². The molecule has 0 saturated heterocycles. The van der Waals surface area contributed by atoms with E-state index in [9.17, 15) is 4.79 Å². The molecular formula is C13H16N4O2. The van der Waals surface area contributed by atoms with Crippen LogP contribution in [0.1, 0.15) is 23.1 Å². The second kappa shape index (κ2) is 6.53. The van der Waals surface area contributed by atoms with Gasteiger partial charge in [-0.25, -0.2) is 0 Å². The van der Waals surface area contributed by atoms with Crippen LogP contribution >= 0.6 is 0 Å². The molecule has 0 radical (unpaired) electrons. The fraction of sp³-hybridized carbons (Fsp3) is 0.308. The number of nitrogens with one attached hydrogen (secondary N) is 2. The summed E-state index contributed by atoms with van der Waals surface area (Å²) >= 11 is 0. The lowest BCUT2D eigenvalue weighted by Crippen LogP contribution is -2.26. The highest BCUT2D eigenvalue weighted by Crippen LogP contribution is 2.14. The maximum absolute atomic E-state index is 12.1. The van der Waals surface area contributed by atoms with Gasteiger partial charge in [0.2, 0.25) is 6.39 Å². The van der Waals surface area contributed by atoms with Crippen LogP contribution in [0.2, 0.25) is 0 Å². The summed E-state index contributed by atoms with van der Waals surface area (Å²) in [7, 11) is 0. The predicted molar refractivity (Wildman–Crippen MR) is 70.9 cm³/mol. The molecule has 19 heavy (non-hydrogen) atoms. The molecule has 0 fully saturated rings. The summed E-state index contributed by atoms with van der Waals surface area (Å²) in [4.78, 5) is 15.9. The smallest absolute Gasteiger partial charge is 0.253 e. The molecule has 100 valence electrons. The Morgan fingerprint density at radius 2 is 2.21 bits per heavy atom. The molecule has 2 N–H and O–H groups in total. The molecule has 1 amide bonds. The minimum absolute atomic E-state index is 0.111. The molecule has 2 rings (SSSR count). The molecule has 0 spiro atoms. The first-order chi connectivity index (χ1) is 9.31. The first-order valence-electron chi connectivity index (χ1n) is 6.17. The molecule has 0 aliphatic heterocycles. The fourth-order valence-electron chi connectivity index (χ4n) is 1.71. The molecule has 0 unspecified atom stereocenters. The van der Waals surface area contributed by atoms with Crippen LogP contribution in [-0.2, 0) is 6.42 Å². The third kappa shape index (κ3) is 3.54. The van der Waals surface area contributed by atoms with Crippen molar-refractivity contribution < 1.29 is 9.32 Å². The van der Waals surface area contributed by atoms with Crippen molar-refractivity contribution in [3.8, 4) is 0 Å². The molecule has 0 bridgehead atoms. The van der Waals surface area contributed by atoms with Gasteiger partial charge in [0.05, 0.1) is 5.56 Å². The van der Waals surface area contributed by atoms with E-state index in [0.29, 0.717) is 24.4 Å². The second-order valence-corrected chi connectivity index (χ2v) is 3.93. The molecule has 2 aromatic rings. The molecule has 0 atom stereocenters. The van der Waals surface area contributed by atoms with E-state index < -0.39 is 0 Å². The van der Waals surface area contributed by atoms with Gasteiger partial charge in [0.25, 0.3) is 5.91 Å². The molecule has 0 aliphatic carbocycles. The van der Waals surface area contributed by atoms with Crippen molar-refractivity contribution in [2.24, 2.45) is 0 Å². The summed E-state index contributed by atoms with van der Waals surface area (Å²) < 4.78 is 4.62. The normalized spacial score (nSPS) is 10.2. The number of rotatable bonds is 6. The lowest BCUT2D eigenvalue weighted by atomic mass is 10.1. The number of nitrogens with zero attached hydrogens (tertiary/aromatic N) is 2. The highest BCUT2D eigenvalue weighted by atomic mass is 16.5. The van der Waals surface area contributed by atoms with E-state index in [1.54, 1.807) is 6.07 Å². The summed E-state index contributed by atoms with van der Waals surface area (Å²) in [5, 5.41) is 9.68. The van der Waals surface area contributed by atoms with Crippen molar-refractivity contribution >= 4 is 11.6 Å². The summed E-state index contributed by atoms with van der Waals surface area (Å²) in [6, 6.07) is 7.42. The van der Waals surface area contributed by atoms with Crippen LogP contribution in [0, 0.1) is 0 Å². The Labute approximate surface area is 111 Å². The standard InChI is InChI=1S/C13H16N4O2/c1-2-14-11-6-4-3-5-10(11)13(18)15-8-7-12-16-9-19-17-12/h3-6,9,14H,2,7-8H2,1H3,(H,15,18). The van der Waals surface area contributed by atoms with Crippen LogP contribution in [0.15, 0.2) is 35.2 Å². The van der Waals surface area contributed by atoms with E-state index in [1.165, 1.54) is 6.39 Å². The van der Waals surface area contributed by atoms with Gasteiger partial charge in [-0.15, -0.1) is 0 Å². The van der Waals surface area contributed by atoms with Gasteiger partial charge in [-0.05, 0) is 19.1 Å². The predicted octanol–water partition coefficient (Wildman–Crippen LogP) is 1.47. The van der Waals surface area contributed by atoms with Crippen LogP contribution in [0.4, 0.5) is 5.69 Å². The van der Waals surface area contributed by atoms with E-state index >= 15 is 0 Å². The third-order valence-electron chi connectivity index (χ3n) is 2.58. The molecular weight excluding hydrogens is 244 g/mol. The van der Waals surface area contributed by atoms with Crippen molar-refractivity contribution in [2.45, 2.75) is 13.3 Å². The number of amides is 1. The Morgan fingerprint density at radius 1 is 1.37 bits per heavy atom. The number of carbonyl (C=O) groups excluding carboxylic acids is 1. The van der Waals surface area contributed by atoms with Crippen molar-refractivity contribution in [3.05, 3.63) is 42.0 Å². The lowest BCUT2D eigenvalue weighted by molar-refractivity contribution is 0.0954. The van der Waals surface area contributed by atoms with Crippen LogP contribution in [0.5, 0.6) is 0 Å². The first kappa shape index (κ1) is 13.1.